The van der Waals surface area contributed by atoms with Crippen molar-refractivity contribution < 1.29 is 96.8 Å². The number of allylic oxidation sites excluding steroid dienone is 1. The van der Waals surface area contributed by atoms with Crippen LogP contribution in [0.4, 0.5) is 57.1 Å². The van der Waals surface area contributed by atoms with Crippen LogP contribution >= 0.6 is 0 Å². The Hall–Kier alpha value is -1.49. The molecule has 0 amide bonds. The first kappa shape index (κ1) is 34.5. The summed E-state index contributed by atoms with van der Waals surface area (Å²) >= 11 is 0. The normalized spacial score (nSPS) is 28.8. The van der Waals surface area contributed by atoms with Crippen LogP contribution in [-0.4, -0.2) is 118 Å². The highest BCUT2D eigenvalue weighted by molar-refractivity contribution is 5.15. The van der Waals surface area contributed by atoms with E-state index in [1.807, 2.05) is 0 Å². The molecule has 21 heteroatoms. The van der Waals surface area contributed by atoms with Gasteiger partial charge in [-0.1, -0.05) is 6.08 Å². The molecule has 1 aliphatic heterocycles. The average Bonchev–Trinajstić information content (AvgIpc) is 2.78. The molecule has 1 saturated heterocycles. The van der Waals surface area contributed by atoms with Crippen molar-refractivity contribution >= 4 is 0 Å². The largest absolute Gasteiger partial charge is 0.460 e. The molecule has 0 aromatic rings. The van der Waals surface area contributed by atoms with Gasteiger partial charge in [-0.25, -0.2) is 0 Å². The fourth-order valence-corrected chi connectivity index (χ4v) is 2.72. The first-order chi connectivity index (χ1) is 16.9. The summed E-state index contributed by atoms with van der Waals surface area (Å²) in [6.07, 6.45) is -17.0. The highest BCUT2D eigenvalue weighted by Crippen LogP contribution is 2.60. The van der Waals surface area contributed by atoms with Crippen LogP contribution < -0.4 is 0 Å². The van der Waals surface area contributed by atoms with Gasteiger partial charge in [-0.15, -0.1) is 0 Å². The van der Waals surface area contributed by atoms with E-state index < -0.39 is 98.7 Å². The van der Waals surface area contributed by atoms with E-state index >= 15 is 0 Å². The maximum atomic E-state index is 13.6. The van der Waals surface area contributed by atoms with Crippen LogP contribution in [0.3, 0.4) is 0 Å². The Kier molecular flexibility index (Phi) is 10.2. The van der Waals surface area contributed by atoms with Crippen LogP contribution in [0.15, 0.2) is 12.2 Å². The number of aliphatic hydroxyl groups excluding tert-OH is 4. The predicted molar refractivity (Wildman–Crippen MR) is 91.6 cm³/mol. The molecule has 0 aromatic carbocycles. The predicted octanol–water partition coefficient (Wildman–Crippen LogP) is 1.43. The van der Waals surface area contributed by atoms with Crippen LogP contribution in [0.2, 0.25) is 0 Å². The Bertz CT molecular complexity index is 820. The molecule has 5 atom stereocenters. The summed E-state index contributed by atoms with van der Waals surface area (Å²) in [6, 6.07) is 0. The molecule has 226 valence electrons. The van der Waals surface area contributed by atoms with Crippen LogP contribution in [0.5, 0.6) is 0 Å². The van der Waals surface area contributed by atoms with Gasteiger partial charge in [0.2, 0.25) is 0 Å². The summed E-state index contributed by atoms with van der Waals surface area (Å²) in [6.45, 7) is -3.96. The van der Waals surface area contributed by atoms with Crippen LogP contribution in [0.25, 0.3) is 0 Å². The van der Waals surface area contributed by atoms with Crippen LogP contribution in [-0.2, 0) is 14.2 Å². The molecule has 0 aromatic heterocycles. The average molecular weight is 598 g/mol. The van der Waals surface area contributed by atoms with Gasteiger partial charge in [0, 0.05) is 0 Å². The number of hydrogen-bond acceptors (Lipinski definition) is 8. The lowest BCUT2D eigenvalue weighted by Crippen LogP contribution is -2.69. The van der Waals surface area contributed by atoms with E-state index in [0.29, 0.717) is 0 Å². The zero-order valence-electron chi connectivity index (χ0n) is 18.2. The van der Waals surface area contributed by atoms with E-state index in [-0.39, 0.29) is 6.08 Å². The third-order valence-electron chi connectivity index (χ3n) is 4.96. The van der Waals surface area contributed by atoms with Gasteiger partial charge in [0.1, 0.15) is 18.3 Å². The molecule has 0 bridgehead atoms. The lowest BCUT2D eigenvalue weighted by molar-refractivity contribution is -0.449. The standard InChI is InChI=1S/C17H19F13O8/c18-11(19,13(20,21)14(22,23)15(24,25)16(26,27)17(28,29)30)2-1-3-36-4-5-37-12(35)10(34)9(33)8(32)7(6-31)38-12/h1-2,7-10,31-35H,3-6H2/b2-1+/t7-,8-,9+,10-,12?/m1/s1. The van der Waals surface area contributed by atoms with Crippen LogP contribution in [0.1, 0.15) is 0 Å². The smallest absolute Gasteiger partial charge is 0.394 e. The molecule has 8 nitrogen and oxygen atoms in total. The Morgan fingerprint density at radius 2 is 1.24 bits per heavy atom. The third kappa shape index (κ3) is 5.98. The second kappa shape index (κ2) is 11.2. The van der Waals surface area contributed by atoms with Crippen molar-refractivity contribution in [2.24, 2.45) is 0 Å². The minimum Gasteiger partial charge on any atom is -0.394 e. The molecule has 0 radical (unpaired) electrons. The van der Waals surface area contributed by atoms with Gasteiger partial charge >= 0.3 is 41.8 Å². The molecule has 1 heterocycles. The second-order valence-corrected chi connectivity index (χ2v) is 7.64. The summed E-state index contributed by atoms with van der Waals surface area (Å²) < 4.78 is 183. The number of hydrogen-bond donors (Lipinski definition) is 5. The van der Waals surface area contributed by atoms with Gasteiger partial charge in [0.25, 0.3) is 0 Å². The summed E-state index contributed by atoms with van der Waals surface area (Å²) in [5.74, 6) is -40.8. The maximum absolute atomic E-state index is 13.6. The van der Waals surface area contributed by atoms with E-state index in [1.54, 1.807) is 0 Å². The minimum atomic E-state index is -8.02. The van der Waals surface area contributed by atoms with Gasteiger partial charge in [0.15, 0.2) is 6.10 Å². The quantitative estimate of drug-likeness (QED) is 0.0989. The second-order valence-electron chi connectivity index (χ2n) is 7.64. The van der Waals surface area contributed by atoms with Gasteiger partial charge in [-0.05, 0) is 6.08 Å². The molecule has 1 rings (SSSR count). The highest BCUT2D eigenvalue weighted by Gasteiger charge is 2.90. The van der Waals surface area contributed by atoms with Crippen molar-refractivity contribution in [2.75, 3.05) is 26.4 Å². The molecule has 0 aliphatic carbocycles. The molecule has 1 unspecified atom stereocenters. The molecule has 1 aliphatic rings. The zero-order chi connectivity index (χ0) is 30.2. The van der Waals surface area contributed by atoms with E-state index in [4.69, 9.17) is 5.11 Å². The summed E-state index contributed by atoms with van der Waals surface area (Å²) in [4.78, 5) is 0. The van der Waals surface area contributed by atoms with Crippen molar-refractivity contribution in [1.29, 1.82) is 0 Å². The summed E-state index contributed by atoms with van der Waals surface area (Å²) in [5.41, 5.74) is 0. The molecule has 0 saturated carbocycles. The van der Waals surface area contributed by atoms with Crippen molar-refractivity contribution in [3.8, 4) is 0 Å². The van der Waals surface area contributed by atoms with E-state index in [0.717, 1.165) is 0 Å². The van der Waals surface area contributed by atoms with Gasteiger partial charge < -0.3 is 39.7 Å². The molecule has 0 spiro atoms. The van der Waals surface area contributed by atoms with Crippen molar-refractivity contribution in [3.05, 3.63) is 12.2 Å². The first-order valence-electron chi connectivity index (χ1n) is 9.76. The molecule has 38 heavy (non-hydrogen) atoms. The maximum Gasteiger partial charge on any atom is 0.460 e. The van der Waals surface area contributed by atoms with Gasteiger partial charge in [0.05, 0.1) is 26.4 Å². The zero-order valence-corrected chi connectivity index (χ0v) is 18.2. The topological polar surface area (TPSA) is 129 Å². The SMILES string of the molecule is OC[C@H]1OC(O)(OCCOC/C=C/C(F)(F)C(F)(F)C(F)(F)C(F)(F)C(F)(F)C(F)(F)F)[C@H](O)[C@@H](O)[C@@H]1O. The summed E-state index contributed by atoms with van der Waals surface area (Å²) in [5, 5.41) is 47.8. The fraction of sp³-hybridized carbons (Fsp3) is 0.882. The van der Waals surface area contributed by atoms with E-state index in [1.165, 1.54) is 0 Å². The fourth-order valence-electron chi connectivity index (χ4n) is 2.72. The number of rotatable bonds is 12. The number of aliphatic hydroxyl groups is 5. The Morgan fingerprint density at radius 3 is 1.71 bits per heavy atom. The lowest BCUT2D eigenvalue weighted by atomic mass is 9.94. The monoisotopic (exact) mass is 598 g/mol. The lowest BCUT2D eigenvalue weighted by Gasteiger charge is -2.44. The first-order valence-corrected chi connectivity index (χ1v) is 9.76. The Morgan fingerprint density at radius 1 is 0.737 bits per heavy atom. The van der Waals surface area contributed by atoms with Gasteiger partial charge in [-0.3, -0.25) is 0 Å². The van der Waals surface area contributed by atoms with Crippen molar-refractivity contribution in [2.45, 2.75) is 66.2 Å². The minimum absolute atomic E-state index is 0.230. The molecule has 1 fully saturated rings. The highest BCUT2D eigenvalue weighted by atomic mass is 19.4. The Labute approximate surface area is 202 Å². The van der Waals surface area contributed by atoms with Crippen LogP contribution in [0, 0.1) is 0 Å². The van der Waals surface area contributed by atoms with Crippen molar-refractivity contribution in [3.63, 3.8) is 0 Å². The Balaban J connectivity index is 2.80. The van der Waals surface area contributed by atoms with E-state index in [9.17, 15) is 77.5 Å². The molecule has 5 N–H and O–H groups in total. The van der Waals surface area contributed by atoms with Gasteiger partial charge in [-0.2, -0.15) is 57.1 Å². The summed E-state index contributed by atoms with van der Waals surface area (Å²) in [7, 11) is 0. The third-order valence-corrected chi connectivity index (χ3v) is 4.96. The number of ether oxygens (including phenoxy) is 3. The van der Waals surface area contributed by atoms with Crippen molar-refractivity contribution in [1.82, 2.24) is 0 Å². The molecular formula is C17H19F13O8. The molecular weight excluding hydrogens is 579 g/mol. The number of halogens is 13. The van der Waals surface area contributed by atoms with E-state index in [2.05, 4.69) is 14.2 Å². The number of alkyl halides is 13.